The monoisotopic (exact) mass is 297 g/mol. The smallest absolute Gasteiger partial charge is 0.0921 e. The normalized spacial score (nSPS) is 12.3. The summed E-state index contributed by atoms with van der Waals surface area (Å²) in [6, 6.07) is 12.1. The van der Waals surface area contributed by atoms with Crippen LogP contribution in [0.1, 0.15) is 28.4 Å². The van der Waals surface area contributed by atoms with Crippen molar-refractivity contribution in [2.24, 2.45) is 0 Å². The molecule has 0 radical (unpaired) electrons. The topological polar surface area (TPSA) is 41.6 Å². The summed E-state index contributed by atoms with van der Waals surface area (Å²) < 4.78 is 0. The predicted molar refractivity (Wildman–Crippen MR) is 84.6 cm³/mol. The largest absolute Gasteiger partial charge is 0.348 e. The molecule has 0 fully saturated rings. The molecule has 2 heterocycles. The van der Waals surface area contributed by atoms with Gasteiger partial charge in [-0.15, -0.1) is 0 Å². The van der Waals surface area contributed by atoms with Crippen LogP contribution in [-0.4, -0.2) is 15.0 Å². The van der Waals surface area contributed by atoms with Gasteiger partial charge in [0.15, 0.2) is 0 Å². The van der Waals surface area contributed by atoms with Gasteiger partial charge in [-0.25, -0.2) is 4.98 Å². The highest BCUT2D eigenvalue weighted by Gasteiger charge is 2.20. The Bertz CT molecular complexity index is 708. The molecule has 0 aliphatic heterocycles. The second-order valence-electron chi connectivity index (χ2n) is 5.06. The number of aryl methyl sites for hydroxylation is 1. The number of nitrogens with one attached hydrogen (secondary N) is 1. The van der Waals surface area contributed by atoms with Gasteiger partial charge >= 0.3 is 0 Å². The molecule has 0 spiro atoms. The van der Waals surface area contributed by atoms with Crippen LogP contribution in [0.15, 0.2) is 55.1 Å². The SMILES string of the molecule is Cc1cccc([C@H](Cc2ccccn2)c2cnc[nH]2)c1Cl. The fourth-order valence-corrected chi connectivity index (χ4v) is 2.77. The third-order valence-electron chi connectivity index (χ3n) is 3.63. The van der Waals surface area contributed by atoms with E-state index in [1.807, 2.05) is 49.6 Å². The third-order valence-corrected chi connectivity index (χ3v) is 4.15. The maximum Gasteiger partial charge on any atom is 0.0921 e. The van der Waals surface area contributed by atoms with E-state index < -0.39 is 0 Å². The average Bonchev–Trinajstić information content (AvgIpc) is 3.03. The Morgan fingerprint density at radius 1 is 1.19 bits per heavy atom. The standard InChI is InChI=1S/C17H16ClN3/c1-12-5-4-7-14(17(12)18)15(16-10-19-11-21-16)9-13-6-2-3-8-20-13/h2-8,10-11,15H,9H2,1H3,(H,19,21)/t15-/m0/s1. The third kappa shape index (κ3) is 2.98. The number of nitrogens with zero attached hydrogens (tertiary/aromatic N) is 2. The highest BCUT2D eigenvalue weighted by molar-refractivity contribution is 6.32. The van der Waals surface area contributed by atoms with E-state index in [0.29, 0.717) is 0 Å². The molecule has 3 nitrogen and oxygen atoms in total. The lowest BCUT2D eigenvalue weighted by molar-refractivity contribution is 0.760. The van der Waals surface area contributed by atoms with Crippen LogP contribution in [0.2, 0.25) is 5.02 Å². The first-order chi connectivity index (χ1) is 10.3. The zero-order valence-corrected chi connectivity index (χ0v) is 12.5. The summed E-state index contributed by atoms with van der Waals surface area (Å²) >= 11 is 6.52. The number of H-pyrrole nitrogens is 1. The van der Waals surface area contributed by atoms with Gasteiger partial charge in [0.25, 0.3) is 0 Å². The first-order valence-electron chi connectivity index (χ1n) is 6.89. The van der Waals surface area contributed by atoms with Gasteiger partial charge in [-0.1, -0.05) is 35.9 Å². The van der Waals surface area contributed by atoms with Gasteiger partial charge in [0.1, 0.15) is 0 Å². The lowest BCUT2D eigenvalue weighted by atomic mass is 9.90. The summed E-state index contributed by atoms with van der Waals surface area (Å²) in [4.78, 5) is 11.8. The highest BCUT2D eigenvalue weighted by atomic mass is 35.5. The van der Waals surface area contributed by atoms with Crippen LogP contribution >= 0.6 is 11.6 Å². The second-order valence-corrected chi connectivity index (χ2v) is 5.44. The Hall–Kier alpha value is -2.13. The van der Waals surface area contributed by atoms with Gasteiger partial charge in [-0.05, 0) is 30.2 Å². The molecule has 3 aromatic rings. The van der Waals surface area contributed by atoms with Crippen molar-refractivity contribution >= 4 is 11.6 Å². The molecule has 0 aliphatic rings. The molecule has 3 rings (SSSR count). The van der Waals surface area contributed by atoms with Crippen LogP contribution < -0.4 is 0 Å². The van der Waals surface area contributed by atoms with Crippen molar-refractivity contribution in [1.29, 1.82) is 0 Å². The maximum atomic E-state index is 6.52. The van der Waals surface area contributed by atoms with E-state index in [-0.39, 0.29) is 5.92 Å². The molecule has 0 saturated carbocycles. The van der Waals surface area contributed by atoms with Gasteiger partial charge in [-0.2, -0.15) is 0 Å². The minimum atomic E-state index is 0.120. The first kappa shape index (κ1) is 13.8. The van der Waals surface area contributed by atoms with Crippen LogP contribution in [0.25, 0.3) is 0 Å². The Kier molecular flexibility index (Phi) is 4.02. The van der Waals surface area contributed by atoms with E-state index in [1.54, 1.807) is 6.33 Å². The molecule has 0 unspecified atom stereocenters. The number of halogens is 1. The van der Waals surface area contributed by atoms with Crippen LogP contribution in [0.5, 0.6) is 0 Å². The second kappa shape index (κ2) is 6.10. The number of hydrogen-bond acceptors (Lipinski definition) is 2. The number of imidazole rings is 1. The Morgan fingerprint density at radius 2 is 2.10 bits per heavy atom. The van der Waals surface area contributed by atoms with Crippen molar-refractivity contribution in [2.75, 3.05) is 0 Å². The molecule has 21 heavy (non-hydrogen) atoms. The number of benzene rings is 1. The summed E-state index contributed by atoms with van der Waals surface area (Å²) in [5.74, 6) is 0.120. The number of hydrogen-bond donors (Lipinski definition) is 1. The summed E-state index contributed by atoms with van der Waals surface area (Å²) in [6.45, 7) is 2.02. The molecule has 4 heteroatoms. The molecule has 2 aromatic heterocycles. The minimum absolute atomic E-state index is 0.120. The maximum absolute atomic E-state index is 6.52. The molecule has 0 bridgehead atoms. The number of aromatic nitrogens is 3. The van der Waals surface area contributed by atoms with E-state index in [2.05, 4.69) is 21.0 Å². The number of aromatic amines is 1. The Morgan fingerprint density at radius 3 is 2.81 bits per heavy atom. The number of pyridine rings is 1. The van der Waals surface area contributed by atoms with Gasteiger partial charge in [0, 0.05) is 41.1 Å². The zero-order valence-electron chi connectivity index (χ0n) is 11.8. The van der Waals surface area contributed by atoms with Gasteiger partial charge in [0.05, 0.1) is 6.33 Å². The van der Waals surface area contributed by atoms with E-state index in [4.69, 9.17) is 11.6 Å². The molecule has 1 aromatic carbocycles. The summed E-state index contributed by atoms with van der Waals surface area (Å²) in [5, 5.41) is 0.813. The molecule has 1 atom stereocenters. The predicted octanol–water partition coefficient (Wildman–Crippen LogP) is 4.14. The lowest BCUT2D eigenvalue weighted by Crippen LogP contribution is -2.08. The fraction of sp³-hybridized carbons (Fsp3) is 0.176. The molecule has 106 valence electrons. The van der Waals surface area contributed by atoms with Crippen molar-refractivity contribution < 1.29 is 0 Å². The van der Waals surface area contributed by atoms with Crippen molar-refractivity contribution in [2.45, 2.75) is 19.3 Å². The molecular formula is C17H16ClN3. The zero-order chi connectivity index (χ0) is 14.7. The van der Waals surface area contributed by atoms with Crippen molar-refractivity contribution in [3.63, 3.8) is 0 Å². The van der Waals surface area contributed by atoms with E-state index in [1.165, 1.54) is 0 Å². The van der Waals surface area contributed by atoms with Crippen molar-refractivity contribution in [3.8, 4) is 0 Å². The van der Waals surface area contributed by atoms with E-state index >= 15 is 0 Å². The van der Waals surface area contributed by atoms with Gasteiger partial charge < -0.3 is 4.98 Å². The summed E-state index contributed by atoms with van der Waals surface area (Å²) in [5.41, 5.74) is 4.27. The number of rotatable bonds is 4. The Balaban J connectivity index is 2.03. The first-order valence-corrected chi connectivity index (χ1v) is 7.26. The lowest BCUT2D eigenvalue weighted by Gasteiger charge is -2.18. The average molecular weight is 298 g/mol. The van der Waals surface area contributed by atoms with E-state index in [9.17, 15) is 0 Å². The molecule has 0 aliphatic carbocycles. The van der Waals surface area contributed by atoms with Crippen molar-refractivity contribution in [1.82, 2.24) is 15.0 Å². The fourth-order valence-electron chi connectivity index (χ4n) is 2.51. The highest BCUT2D eigenvalue weighted by Crippen LogP contribution is 2.33. The molecule has 1 N–H and O–H groups in total. The molecular weight excluding hydrogens is 282 g/mol. The summed E-state index contributed by atoms with van der Waals surface area (Å²) in [6.07, 6.45) is 6.15. The van der Waals surface area contributed by atoms with Crippen molar-refractivity contribution in [3.05, 3.63) is 82.7 Å². The molecule has 0 saturated heterocycles. The quantitative estimate of drug-likeness (QED) is 0.786. The summed E-state index contributed by atoms with van der Waals surface area (Å²) in [7, 11) is 0. The van der Waals surface area contributed by atoms with Gasteiger partial charge in [-0.3, -0.25) is 4.98 Å². The van der Waals surface area contributed by atoms with Crippen LogP contribution in [0, 0.1) is 6.92 Å². The molecule has 0 amide bonds. The van der Waals surface area contributed by atoms with Gasteiger partial charge in [0.2, 0.25) is 0 Å². The van der Waals surface area contributed by atoms with E-state index in [0.717, 1.165) is 34.0 Å². The van der Waals surface area contributed by atoms with Crippen LogP contribution in [0.3, 0.4) is 0 Å². The van der Waals surface area contributed by atoms with Crippen LogP contribution in [0.4, 0.5) is 0 Å². The van der Waals surface area contributed by atoms with Crippen LogP contribution in [-0.2, 0) is 6.42 Å². The Labute approximate surface area is 129 Å². The minimum Gasteiger partial charge on any atom is -0.348 e.